The van der Waals surface area contributed by atoms with Gasteiger partial charge in [0.05, 0.1) is 7.11 Å². The summed E-state index contributed by atoms with van der Waals surface area (Å²) < 4.78 is 4.77. The molecule has 1 aromatic carbocycles. The third kappa shape index (κ3) is 4.41. The summed E-state index contributed by atoms with van der Waals surface area (Å²) in [5, 5.41) is 2.71. The molecule has 114 valence electrons. The molecule has 2 aromatic rings. The van der Waals surface area contributed by atoms with E-state index in [2.05, 4.69) is 10.3 Å². The quantitative estimate of drug-likeness (QED) is 0.828. The summed E-state index contributed by atoms with van der Waals surface area (Å²) in [5.74, 6) is -0.760. The summed E-state index contributed by atoms with van der Waals surface area (Å²) in [6.45, 7) is 0. The maximum Gasteiger partial charge on any atom is 0.328 e. The van der Waals surface area contributed by atoms with Crippen LogP contribution in [0.4, 0.5) is 0 Å². The van der Waals surface area contributed by atoms with Crippen LogP contribution in [0.1, 0.15) is 22.3 Å². The van der Waals surface area contributed by atoms with E-state index in [0.29, 0.717) is 18.4 Å². The number of pyridine rings is 1. The van der Waals surface area contributed by atoms with Gasteiger partial charge < -0.3 is 10.1 Å². The summed E-state index contributed by atoms with van der Waals surface area (Å²) in [5.41, 5.74) is 1.57. The topological polar surface area (TPSA) is 68.3 Å². The number of amides is 1. The van der Waals surface area contributed by atoms with Gasteiger partial charge >= 0.3 is 5.97 Å². The fraction of sp³-hybridized carbons (Fsp3) is 0.235. The van der Waals surface area contributed by atoms with Crippen LogP contribution in [0.5, 0.6) is 0 Å². The second-order valence-corrected chi connectivity index (χ2v) is 4.81. The first-order chi connectivity index (χ1) is 10.7. The van der Waals surface area contributed by atoms with Crippen molar-refractivity contribution in [3.63, 3.8) is 0 Å². The van der Waals surface area contributed by atoms with Crippen LogP contribution in [0.15, 0.2) is 54.9 Å². The summed E-state index contributed by atoms with van der Waals surface area (Å²) in [6.07, 6.45) is 4.23. The number of esters is 1. The average molecular weight is 298 g/mol. The predicted octanol–water partition coefficient (Wildman–Crippen LogP) is 1.99. The van der Waals surface area contributed by atoms with Gasteiger partial charge in [-0.2, -0.15) is 0 Å². The van der Waals surface area contributed by atoms with Crippen LogP contribution in [0, 0.1) is 0 Å². The number of aryl methyl sites for hydroxylation is 1. The molecular formula is C17H18N2O3. The van der Waals surface area contributed by atoms with Gasteiger partial charge in [-0.1, -0.05) is 30.3 Å². The Morgan fingerprint density at radius 2 is 1.82 bits per heavy atom. The van der Waals surface area contributed by atoms with Crippen molar-refractivity contribution in [3.05, 3.63) is 66.0 Å². The van der Waals surface area contributed by atoms with Crippen LogP contribution in [0.2, 0.25) is 0 Å². The number of aromatic nitrogens is 1. The van der Waals surface area contributed by atoms with E-state index >= 15 is 0 Å². The molecule has 0 fully saturated rings. The molecule has 0 unspecified atom stereocenters. The van der Waals surface area contributed by atoms with Crippen molar-refractivity contribution in [2.45, 2.75) is 18.9 Å². The minimum Gasteiger partial charge on any atom is -0.467 e. The lowest BCUT2D eigenvalue weighted by Crippen LogP contribution is -2.41. The Labute approximate surface area is 129 Å². The highest BCUT2D eigenvalue weighted by molar-refractivity contribution is 5.96. The Morgan fingerprint density at radius 3 is 2.45 bits per heavy atom. The number of rotatable bonds is 6. The highest BCUT2D eigenvalue weighted by atomic mass is 16.5. The number of hydrogen-bond donors (Lipinski definition) is 1. The minimum absolute atomic E-state index is 0.314. The molecule has 0 aliphatic rings. The van der Waals surface area contributed by atoms with Crippen molar-refractivity contribution in [3.8, 4) is 0 Å². The van der Waals surface area contributed by atoms with Crippen molar-refractivity contribution in [1.29, 1.82) is 0 Å². The van der Waals surface area contributed by atoms with Crippen LogP contribution in [-0.4, -0.2) is 30.0 Å². The smallest absolute Gasteiger partial charge is 0.328 e. The first-order valence-electron chi connectivity index (χ1n) is 7.03. The van der Waals surface area contributed by atoms with E-state index in [9.17, 15) is 9.59 Å². The Bertz CT molecular complexity index is 614. The van der Waals surface area contributed by atoms with E-state index in [1.54, 1.807) is 12.1 Å². The van der Waals surface area contributed by atoms with E-state index in [1.165, 1.54) is 19.5 Å². The van der Waals surface area contributed by atoms with E-state index in [0.717, 1.165) is 5.56 Å². The second kappa shape index (κ2) is 7.93. The molecule has 0 saturated carbocycles. The Kier molecular flexibility index (Phi) is 5.65. The zero-order valence-corrected chi connectivity index (χ0v) is 12.4. The molecule has 1 N–H and O–H groups in total. The number of nitrogens with one attached hydrogen (secondary N) is 1. The number of carbonyl (C=O) groups is 2. The lowest BCUT2D eigenvalue weighted by atomic mass is 10.0. The van der Waals surface area contributed by atoms with Crippen LogP contribution in [0.3, 0.4) is 0 Å². The van der Waals surface area contributed by atoms with Gasteiger partial charge in [-0.3, -0.25) is 9.78 Å². The van der Waals surface area contributed by atoms with Crippen LogP contribution >= 0.6 is 0 Å². The Hall–Kier alpha value is -2.69. The highest BCUT2D eigenvalue weighted by Crippen LogP contribution is 2.07. The van der Waals surface area contributed by atoms with Crippen LogP contribution in [-0.2, 0) is 16.0 Å². The third-order valence-corrected chi connectivity index (χ3v) is 3.30. The molecule has 0 radical (unpaired) electrons. The number of hydrogen-bond acceptors (Lipinski definition) is 4. The molecule has 0 saturated heterocycles. The van der Waals surface area contributed by atoms with Gasteiger partial charge in [0, 0.05) is 18.0 Å². The van der Waals surface area contributed by atoms with Crippen molar-refractivity contribution in [2.24, 2.45) is 0 Å². The largest absolute Gasteiger partial charge is 0.467 e. The number of carbonyl (C=O) groups excluding carboxylic acids is 2. The molecule has 1 aromatic heterocycles. The Morgan fingerprint density at radius 1 is 1.14 bits per heavy atom. The summed E-state index contributed by atoms with van der Waals surface area (Å²) >= 11 is 0. The fourth-order valence-corrected chi connectivity index (χ4v) is 2.09. The SMILES string of the molecule is COC(=O)[C@@H](CCc1ccccc1)NC(=O)c1ccncc1. The minimum atomic E-state index is -0.675. The summed E-state index contributed by atoms with van der Waals surface area (Å²) in [7, 11) is 1.32. The molecule has 0 spiro atoms. The first kappa shape index (κ1) is 15.7. The molecule has 5 nitrogen and oxygen atoms in total. The first-order valence-corrected chi connectivity index (χ1v) is 7.03. The molecule has 5 heteroatoms. The van der Waals surface area contributed by atoms with Gasteiger partial charge in [-0.15, -0.1) is 0 Å². The van der Waals surface area contributed by atoms with Crippen molar-refractivity contribution < 1.29 is 14.3 Å². The molecule has 1 amide bonds. The molecule has 1 atom stereocenters. The van der Waals surface area contributed by atoms with Crippen molar-refractivity contribution >= 4 is 11.9 Å². The molecule has 2 rings (SSSR count). The van der Waals surface area contributed by atoms with Crippen LogP contribution in [0.25, 0.3) is 0 Å². The monoisotopic (exact) mass is 298 g/mol. The summed E-state index contributed by atoms with van der Waals surface area (Å²) in [4.78, 5) is 27.9. The molecule has 0 aliphatic carbocycles. The fourth-order valence-electron chi connectivity index (χ4n) is 2.09. The number of ether oxygens (including phenoxy) is 1. The van der Waals surface area contributed by atoms with Gasteiger partial charge in [0.1, 0.15) is 6.04 Å². The van der Waals surface area contributed by atoms with E-state index < -0.39 is 12.0 Å². The predicted molar refractivity (Wildman–Crippen MR) is 82.3 cm³/mol. The maximum atomic E-state index is 12.1. The van der Waals surface area contributed by atoms with E-state index in [1.807, 2.05) is 30.3 Å². The van der Waals surface area contributed by atoms with E-state index in [-0.39, 0.29) is 5.91 Å². The number of nitrogens with zero attached hydrogens (tertiary/aromatic N) is 1. The lowest BCUT2D eigenvalue weighted by Gasteiger charge is -2.16. The molecule has 22 heavy (non-hydrogen) atoms. The normalized spacial score (nSPS) is 11.5. The van der Waals surface area contributed by atoms with Crippen molar-refractivity contribution in [1.82, 2.24) is 10.3 Å². The van der Waals surface area contributed by atoms with Gasteiger partial charge in [0.2, 0.25) is 0 Å². The summed E-state index contributed by atoms with van der Waals surface area (Å²) in [6, 6.07) is 12.3. The molecule has 1 heterocycles. The van der Waals surface area contributed by atoms with Gasteiger partial charge in [0.25, 0.3) is 5.91 Å². The highest BCUT2D eigenvalue weighted by Gasteiger charge is 2.21. The van der Waals surface area contributed by atoms with Gasteiger partial charge in [-0.05, 0) is 30.5 Å². The van der Waals surface area contributed by atoms with Gasteiger partial charge in [0.15, 0.2) is 0 Å². The zero-order chi connectivity index (χ0) is 15.8. The zero-order valence-electron chi connectivity index (χ0n) is 12.4. The molecular weight excluding hydrogens is 280 g/mol. The maximum absolute atomic E-state index is 12.1. The average Bonchev–Trinajstić information content (AvgIpc) is 2.59. The molecule has 0 bridgehead atoms. The van der Waals surface area contributed by atoms with Crippen LogP contribution < -0.4 is 5.32 Å². The standard InChI is InChI=1S/C17H18N2O3/c1-22-17(21)15(8-7-13-5-3-2-4-6-13)19-16(20)14-9-11-18-12-10-14/h2-6,9-12,15H,7-8H2,1H3,(H,19,20)/t15-/m1/s1. The van der Waals surface area contributed by atoms with E-state index in [4.69, 9.17) is 4.74 Å². The number of methoxy groups -OCH3 is 1. The second-order valence-electron chi connectivity index (χ2n) is 4.81. The van der Waals surface area contributed by atoms with Gasteiger partial charge in [-0.25, -0.2) is 4.79 Å². The number of benzene rings is 1. The van der Waals surface area contributed by atoms with Crippen molar-refractivity contribution in [2.75, 3.05) is 7.11 Å². The third-order valence-electron chi connectivity index (χ3n) is 3.30. The lowest BCUT2D eigenvalue weighted by molar-refractivity contribution is -0.143. The Balaban J connectivity index is 2.00. The molecule has 0 aliphatic heterocycles.